The van der Waals surface area contributed by atoms with Gasteiger partial charge in [0.25, 0.3) is 0 Å². The molecule has 0 rings (SSSR count). The Labute approximate surface area is 438 Å². The fourth-order valence-corrected chi connectivity index (χ4v) is 7.82. The molecule has 0 aliphatic carbocycles. The molecule has 404 valence electrons. The van der Waals surface area contributed by atoms with E-state index < -0.39 is 6.10 Å². The summed E-state index contributed by atoms with van der Waals surface area (Å²) < 4.78 is 16.8. The molecular formula is C65H108O6. The van der Waals surface area contributed by atoms with Gasteiger partial charge in [-0.05, 0) is 116 Å². The smallest absolute Gasteiger partial charge is 0.306 e. The average molecular weight is 986 g/mol. The van der Waals surface area contributed by atoms with Gasteiger partial charge in [-0.3, -0.25) is 14.4 Å². The summed E-state index contributed by atoms with van der Waals surface area (Å²) in [4.78, 5) is 38.1. The first-order valence-electron chi connectivity index (χ1n) is 29.4. The molecule has 0 aromatic carbocycles. The Morgan fingerprint density at radius 1 is 0.296 bits per heavy atom. The minimum absolute atomic E-state index is 0.0892. The molecule has 0 aromatic rings. The number of carbonyl (C=O) groups is 3. The first kappa shape index (κ1) is 67.1. The van der Waals surface area contributed by atoms with Gasteiger partial charge in [0.1, 0.15) is 13.2 Å². The summed E-state index contributed by atoms with van der Waals surface area (Å²) in [5.41, 5.74) is 0. The molecule has 6 heteroatoms. The van der Waals surface area contributed by atoms with Crippen LogP contribution in [0.2, 0.25) is 0 Å². The lowest BCUT2D eigenvalue weighted by atomic mass is 10.1. The van der Waals surface area contributed by atoms with Crippen LogP contribution >= 0.6 is 0 Å². The van der Waals surface area contributed by atoms with Gasteiger partial charge in [0, 0.05) is 19.3 Å². The maximum Gasteiger partial charge on any atom is 0.306 e. The summed E-state index contributed by atoms with van der Waals surface area (Å²) in [6, 6.07) is 0. The summed E-state index contributed by atoms with van der Waals surface area (Å²) in [6.07, 6.45) is 79.5. The van der Waals surface area contributed by atoms with Crippen LogP contribution in [0.5, 0.6) is 0 Å². The van der Waals surface area contributed by atoms with E-state index in [-0.39, 0.29) is 31.1 Å². The molecule has 0 bridgehead atoms. The van der Waals surface area contributed by atoms with Crippen molar-refractivity contribution in [1.29, 1.82) is 0 Å². The minimum Gasteiger partial charge on any atom is -0.462 e. The zero-order chi connectivity index (χ0) is 51.4. The van der Waals surface area contributed by atoms with Crippen molar-refractivity contribution >= 4 is 17.9 Å². The zero-order valence-corrected chi connectivity index (χ0v) is 46.2. The van der Waals surface area contributed by atoms with Gasteiger partial charge in [-0.2, -0.15) is 0 Å². The lowest BCUT2D eigenvalue weighted by molar-refractivity contribution is -0.167. The largest absolute Gasteiger partial charge is 0.462 e. The fourth-order valence-electron chi connectivity index (χ4n) is 7.82. The van der Waals surface area contributed by atoms with Crippen molar-refractivity contribution in [2.45, 2.75) is 271 Å². The van der Waals surface area contributed by atoms with E-state index in [0.29, 0.717) is 19.3 Å². The number of hydrogen-bond donors (Lipinski definition) is 0. The van der Waals surface area contributed by atoms with Gasteiger partial charge in [0.05, 0.1) is 0 Å². The first-order chi connectivity index (χ1) is 35.0. The van der Waals surface area contributed by atoms with Gasteiger partial charge in [0.2, 0.25) is 0 Å². The Kier molecular flexibility index (Phi) is 55.4. The van der Waals surface area contributed by atoms with Gasteiger partial charge in [-0.25, -0.2) is 0 Å². The summed E-state index contributed by atoms with van der Waals surface area (Å²) >= 11 is 0. The molecule has 6 nitrogen and oxygen atoms in total. The molecule has 0 aliphatic rings. The number of hydrogen-bond acceptors (Lipinski definition) is 6. The van der Waals surface area contributed by atoms with E-state index in [9.17, 15) is 14.4 Å². The Balaban J connectivity index is 4.23. The topological polar surface area (TPSA) is 78.9 Å². The Hall–Kier alpha value is -3.93. The van der Waals surface area contributed by atoms with Crippen LogP contribution in [0, 0.1) is 0 Å². The molecule has 71 heavy (non-hydrogen) atoms. The molecule has 0 aliphatic heterocycles. The standard InChI is InChI=1S/C65H108O6/c1-4-7-10-13-16-19-22-24-25-26-27-28-29-30-31-32-33-34-35-36-37-38-39-41-43-46-49-52-55-58-64(67)70-61-62(60-69-63(66)57-54-51-48-45-42-21-18-15-12-9-6-3)71-65(68)59-56-53-50-47-44-40-23-20-17-14-11-8-5-2/h7,10-11,14-16,18-20,23-25,27-28,30-31,33-34,62H,4-6,8-9,12-13,17,21-22,26,29,32,35-61H2,1-3H3/b10-7-,14-11-,18-15-,19-16-,23-20-,25-24-,28-27-,31-30-,34-33-. The van der Waals surface area contributed by atoms with Gasteiger partial charge < -0.3 is 14.2 Å². The zero-order valence-electron chi connectivity index (χ0n) is 46.2. The van der Waals surface area contributed by atoms with Crippen LogP contribution in [0.3, 0.4) is 0 Å². The molecule has 0 saturated heterocycles. The van der Waals surface area contributed by atoms with E-state index in [1.807, 2.05) is 0 Å². The number of allylic oxidation sites excluding steroid dienone is 18. The SMILES string of the molecule is CC/C=C\C/C=C\C/C=C\C/C=C\C/C=C\C/C=C\CCCCCCCCCCCCC(=O)OCC(COC(=O)CCCCCCC/C=C\CCCC)OC(=O)CCCCCCC/C=C\C/C=C\CCC. The Morgan fingerprint density at radius 3 is 0.930 bits per heavy atom. The molecule has 0 saturated carbocycles. The van der Waals surface area contributed by atoms with Crippen LogP contribution in [-0.4, -0.2) is 37.2 Å². The molecule has 1 atom stereocenters. The highest BCUT2D eigenvalue weighted by atomic mass is 16.6. The quantitative estimate of drug-likeness (QED) is 0.0261. The van der Waals surface area contributed by atoms with Crippen LogP contribution in [-0.2, 0) is 28.6 Å². The van der Waals surface area contributed by atoms with Crippen LogP contribution in [0.4, 0.5) is 0 Å². The predicted molar refractivity (Wildman–Crippen MR) is 307 cm³/mol. The maximum atomic E-state index is 12.8. The van der Waals surface area contributed by atoms with Gasteiger partial charge in [0.15, 0.2) is 6.10 Å². The molecule has 0 fully saturated rings. The highest BCUT2D eigenvalue weighted by Gasteiger charge is 2.19. The van der Waals surface area contributed by atoms with E-state index >= 15 is 0 Å². The molecule has 0 heterocycles. The van der Waals surface area contributed by atoms with Gasteiger partial charge >= 0.3 is 17.9 Å². The summed E-state index contributed by atoms with van der Waals surface area (Å²) in [6.45, 7) is 6.40. The number of rotatable bonds is 52. The number of ether oxygens (including phenoxy) is 3. The van der Waals surface area contributed by atoms with Crippen molar-refractivity contribution in [3.05, 3.63) is 109 Å². The van der Waals surface area contributed by atoms with Crippen molar-refractivity contribution in [2.24, 2.45) is 0 Å². The molecule has 0 amide bonds. The molecule has 0 aromatic heterocycles. The van der Waals surface area contributed by atoms with E-state index in [2.05, 4.69) is 130 Å². The first-order valence-corrected chi connectivity index (χ1v) is 29.4. The van der Waals surface area contributed by atoms with Crippen molar-refractivity contribution in [2.75, 3.05) is 13.2 Å². The highest BCUT2D eigenvalue weighted by Crippen LogP contribution is 2.15. The third-order valence-electron chi connectivity index (χ3n) is 12.2. The summed E-state index contributed by atoms with van der Waals surface area (Å²) in [5, 5.41) is 0. The van der Waals surface area contributed by atoms with E-state index in [1.165, 1.54) is 89.9 Å². The second-order valence-corrected chi connectivity index (χ2v) is 19.2. The molecule has 1 unspecified atom stereocenters. The van der Waals surface area contributed by atoms with Crippen molar-refractivity contribution in [3.8, 4) is 0 Å². The van der Waals surface area contributed by atoms with Crippen molar-refractivity contribution in [3.63, 3.8) is 0 Å². The number of esters is 3. The molecule has 0 N–H and O–H groups in total. The maximum absolute atomic E-state index is 12.8. The third kappa shape index (κ3) is 56.9. The van der Waals surface area contributed by atoms with Crippen LogP contribution in [0.1, 0.15) is 265 Å². The Bertz CT molecular complexity index is 1460. The number of unbranched alkanes of at least 4 members (excludes halogenated alkanes) is 23. The van der Waals surface area contributed by atoms with E-state index in [1.54, 1.807) is 0 Å². The van der Waals surface area contributed by atoms with Crippen molar-refractivity contribution in [1.82, 2.24) is 0 Å². The lowest BCUT2D eigenvalue weighted by Gasteiger charge is -2.18. The summed E-state index contributed by atoms with van der Waals surface area (Å²) in [5.74, 6) is -0.918. The average Bonchev–Trinajstić information content (AvgIpc) is 3.37. The highest BCUT2D eigenvalue weighted by molar-refractivity contribution is 5.71. The van der Waals surface area contributed by atoms with E-state index in [4.69, 9.17) is 14.2 Å². The monoisotopic (exact) mass is 985 g/mol. The van der Waals surface area contributed by atoms with Gasteiger partial charge in [-0.15, -0.1) is 0 Å². The van der Waals surface area contributed by atoms with Crippen LogP contribution in [0.25, 0.3) is 0 Å². The molecule has 0 spiro atoms. The van der Waals surface area contributed by atoms with E-state index in [0.717, 1.165) is 135 Å². The number of carbonyl (C=O) groups excluding carboxylic acids is 3. The normalized spacial score (nSPS) is 12.9. The van der Waals surface area contributed by atoms with Gasteiger partial charge in [-0.1, -0.05) is 239 Å². The lowest BCUT2D eigenvalue weighted by Crippen LogP contribution is -2.30. The second kappa shape index (κ2) is 58.6. The van der Waals surface area contributed by atoms with Crippen LogP contribution in [0.15, 0.2) is 109 Å². The predicted octanol–water partition coefficient (Wildman–Crippen LogP) is 19.9. The second-order valence-electron chi connectivity index (χ2n) is 19.2. The minimum atomic E-state index is -0.791. The Morgan fingerprint density at radius 2 is 0.577 bits per heavy atom. The van der Waals surface area contributed by atoms with Crippen LogP contribution < -0.4 is 0 Å². The fraction of sp³-hybridized carbons (Fsp3) is 0.677. The van der Waals surface area contributed by atoms with Crippen molar-refractivity contribution < 1.29 is 28.6 Å². The third-order valence-corrected chi connectivity index (χ3v) is 12.2. The molecule has 0 radical (unpaired) electrons. The molecular weight excluding hydrogens is 877 g/mol. The summed E-state index contributed by atoms with van der Waals surface area (Å²) in [7, 11) is 0.